The van der Waals surface area contributed by atoms with Crippen molar-refractivity contribution in [2.45, 2.75) is 19.9 Å². The van der Waals surface area contributed by atoms with Crippen LogP contribution in [0.4, 0.5) is 5.69 Å². The Morgan fingerprint density at radius 1 is 1.10 bits per heavy atom. The first-order chi connectivity index (χ1) is 14.8. The number of anilines is 1. The fourth-order valence-electron chi connectivity index (χ4n) is 3.76. The van der Waals surface area contributed by atoms with Gasteiger partial charge in [0.2, 0.25) is 0 Å². The molecule has 6 nitrogen and oxygen atoms in total. The van der Waals surface area contributed by atoms with E-state index in [4.69, 9.17) is 11.6 Å². The first-order valence-electron chi connectivity index (χ1n) is 9.56. The number of carbonyl (C=O) groups is 2. The second-order valence-corrected chi connectivity index (χ2v) is 7.84. The fourth-order valence-corrected chi connectivity index (χ4v) is 3.93. The number of pyridine rings is 1. The molecular weight excluding hydrogens is 416 g/mol. The van der Waals surface area contributed by atoms with Crippen LogP contribution in [0.3, 0.4) is 0 Å². The highest BCUT2D eigenvalue weighted by molar-refractivity contribution is 6.52. The number of aryl methyl sites for hydroxylation is 2. The van der Waals surface area contributed by atoms with E-state index < -0.39 is 17.7 Å². The van der Waals surface area contributed by atoms with Crippen molar-refractivity contribution in [2.24, 2.45) is 0 Å². The van der Waals surface area contributed by atoms with Gasteiger partial charge in [0, 0.05) is 23.0 Å². The minimum absolute atomic E-state index is 0.0727. The SMILES string of the molecule is Cc1ccc(C)c(/C(O)=C2\C(=O)C(=O)N(c3cc(Cl)ccc3O)C2c2cccnc2)c1. The van der Waals surface area contributed by atoms with E-state index in [1.165, 1.54) is 24.4 Å². The van der Waals surface area contributed by atoms with Gasteiger partial charge in [0.05, 0.1) is 17.3 Å². The lowest BCUT2D eigenvalue weighted by molar-refractivity contribution is -0.132. The van der Waals surface area contributed by atoms with Crippen molar-refractivity contribution in [1.82, 2.24) is 4.98 Å². The van der Waals surface area contributed by atoms with Crippen molar-refractivity contribution in [3.8, 4) is 5.75 Å². The molecule has 3 aromatic rings. The number of halogens is 1. The van der Waals surface area contributed by atoms with Gasteiger partial charge in [-0.2, -0.15) is 0 Å². The highest BCUT2D eigenvalue weighted by atomic mass is 35.5. The minimum Gasteiger partial charge on any atom is -0.507 e. The summed E-state index contributed by atoms with van der Waals surface area (Å²) in [7, 11) is 0. The normalized spacial score (nSPS) is 17.9. The summed E-state index contributed by atoms with van der Waals surface area (Å²) in [4.78, 5) is 31.5. The van der Waals surface area contributed by atoms with Gasteiger partial charge in [-0.25, -0.2) is 0 Å². The first-order valence-corrected chi connectivity index (χ1v) is 9.94. The maximum atomic E-state index is 13.1. The van der Waals surface area contributed by atoms with Gasteiger partial charge >= 0.3 is 0 Å². The predicted molar refractivity (Wildman–Crippen MR) is 118 cm³/mol. The maximum absolute atomic E-state index is 13.1. The Bertz CT molecular complexity index is 1240. The molecule has 0 spiro atoms. The average Bonchev–Trinajstić information content (AvgIpc) is 3.02. The molecule has 2 aromatic carbocycles. The lowest BCUT2D eigenvalue weighted by atomic mass is 9.94. The molecule has 1 aliphatic heterocycles. The van der Waals surface area contributed by atoms with Crippen LogP contribution < -0.4 is 4.90 Å². The standard InChI is InChI=1S/C24H19ClN2O4/c1-13-5-6-14(2)17(10-13)22(29)20-21(15-4-3-9-26-12-15)27(24(31)23(20)30)18-11-16(25)7-8-19(18)28/h3-12,21,28-29H,1-2H3/b22-20+. The Labute approximate surface area is 184 Å². The molecule has 0 bridgehead atoms. The van der Waals surface area contributed by atoms with Crippen molar-refractivity contribution in [2.75, 3.05) is 4.90 Å². The van der Waals surface area contributed by atoms with Crippen LogP contribution >= 0.6 is 11.6 Å². The zero-order valence-electron chi connectivity index (χ0n) is 16.8. The van der Waals surface area contributed by atoms with Crippen LogP contribution in [0, 0.1) is 13.8 Å². The number of aromatic nitrogens is 1. The number of phenolic OH excluding ortho intramolecular Hbond substituents is 1. The highest BCUT2D eigenvalue weighted by Gasteiger charge is 2.48. The molecule has 1 atom stereocenters. The first kappa shape index (κ1) is 20.6. The molecule has 2 heterocycles. The van der Waals surface area contributed by atoms with E-state index in [2.05, 4.69) is 4.98 Å². The van der Waals surface area contributed by atoms with Crippen LogP contribution in [-0.2, 0) is 9.59 Å². The number of ketones is 1. The van der Waals surface area contributed by atoms with E-state index in [-0.39, 0.29) is 27.8 Å². The monoisotopic (exact) mass is 434 g/mol. The Kier molecular flexibility index (Phi) is 5.25. The Morgan fingerprint density at radius 2 is 1.87 bits per heavy atom. The van der Waals surface area contributed by atoms with E-state index in [0.29, 0.717) is 11.1 Å². The van der Waals surface area contributed by atoms with Crippen molar-refractivity contribution in [1.29, 1.82) is 0 Å². The topological polar surface area (TPSA) is 90.7 Å². The van der Waals surface area contributed by atoms with Gasteiger partial charge in [0.1, 0.15) is 11.5 Å². The van der Waals surface area contributed by atoms with Crippen molar-refractivity contribution in [3.05, 3.63) is 93.8 Å². The van der Waals surface area contributed by atoms with E-state index in [0.717, 1.165) is 16.0 Å². The molecular formula is C24H19ClN2O4. The molecule has 2 N–H and O–H groups in total. The third-order valence-corrected chi connectivity index (χ3v) is 5.52. The number of aliphatic hydroxyl groups excluding tert-OH is 1. The summed E-state index contributed by atoms with van der Waals surface area (Å²) in [5, 5.41) is 21.9. The van der Waals surface area contributed by atoms with Crippen molar-refractivity contribution >= 4 is 34.7 Å². The zero-order chi connectivity index (χ0) is 22.3. The van der Waals surface area contributed by atoms with E-state index in [1.807, 2.05) is 26.0 Å². The number of benzene rings is 2. The Hall–Kier alpha value is -3.64. The number of amides is 1. The van der Waals surface area contributed by atoms with E-state index in [1.54, 1.807) is 24.4 Å². The van der Waals surface area contributed by atoms with Gasteiger partial charge in [0.15, 0.2) is 0 Å². The quantitative estimate of drug-likeness (QED) is 0.354. The summed E-state index contributed by atoms with van der Waals surface area (Å²) in [6.07, 6.45) is 3.08. The Morgan fingerprint density at radius 3 is 2.58 bits per heavy atom. The zero-order valence-corrected chi connectivity index (χ0v) is 17.6. The van der Waals surface area contributed by atoms with Gasteiger partial charge in [-0.05, 0) is 55.3 Å². The van der Waals surface area contributed by atoms with Crippen molar-refractivity contribution in [3.63, 3.8) is 0 Å². The molecule has 156 valence electrons. The second-order valence-electron chi connectivity index (χ2n) is 7.41. The molecule has 1 saturated heterocycles. The molecule has 4 rings (SSSR count). The maximum Gasteiger partial charge on any atom is 0.300 e. The third kappa shape index (κ3) is 3.55. The third-order valence-electron chi connectivity index (χ3n) is 5.29. The van der Waals surface area contributed by atoms with Gasteiger partial charge in [-0.1, -0.05) is 35.4 Å². The van der Waals surface area contributed by atoms with Gasteiger partial charge in [0.25, 0.3) is 11.7 Å². The van der Waals surface area contributed by atoms with Crippen molar-refractivity contribution < 1.29 is 19.8 Å². The van der Waals surface area contributed by atoms with Gasteiger partial charge in [-0.15, -0.1) is 0 Å². The van der Waals surface area contributed by atoms with E-state index in [9.17, 15) is 19.8 Å². The number of hydrogen-bond donors (Lipinski definition) is 2. The molecule has 7 heteroatoms. The summed E-state index contributed by atoms with van der Waals surface area (Å²) in [6, 6.07) is 12.1. The highest BCUT2D eigenvalue weighted by Crippen LogP contribution is 2.45. The number of aromatic hydroxyl groups is 1. The molecule has 1 amide bonds. The molecule has 0 aliphatic carbocycles. The summed E-state index contributed by atoms with van der Waals surface area (Å²) in [5.74, 6) is -2.23. The van der Waals surface area contributed by atoms with Crippen LogP contribution in [0.25, 0.3) is 5.76 Å². The number of rotatable bonds is 3. The second kappa shape index (κ2) is 7.89. The molecule has 0 saturated carbocycles. The summed E-state index contributed by atoms with van der Waals surface area (Å²) in [6.45, 7) is 3.68. The molecule has 1 aliphatic rings. The minimum atomic E-state index is -0.988. The number of nitrogens with zero attached hydrogens (tertiary/aromatic N) is 2. The lowest BCUT2D eigenvalue weighted by Crippen LogP contribution is -2.29. The number of hydrogen-bond acceptors (Lipinski definition) is 5. The summed E-state index contributed by atoms with van der Waals surface area (Å²) >= 11 is 6.10. The lowest BCUT2D eigenvalue weighted by Gasteiger charge is -2.26. The van der Waals surface area contributed by atoms with Crippen LogP contribution in [0.2, 0.25) is 5.02 Å². The smallest absolute Gasteiger partial charge is 0.300 e. The largest absolute Gasteiger partial charge is 0.507 e. The van der Waals surface area contributed by atoms with Gasteiger partial charge in [-0.3, -0.25) is 19.5 Å². The molecule has 1 fully saturated rings. The predicted octanol–water partition coefficient (Wildman–Crippen LogP) is 4.68. The molecule has 0 radical (unpaired) electrons. The van der Waals surface area contributed by atoms with Crippen LogP contribution in [0.15, 0.2) is 66.5 Å². The molecule has 1 aromatic heterocycles. The van der Waals surface area contributed by atoms with Crippen LogP contribution in [-0.4, -0.2) is 26.9 Å². The number of phenols is 1. The molecule has 1 unspecified atom stereocenters. The number of carbonyl (C=O) groups excluding carboxylic acids is 2. The summed E-state index contributed by atoms with van der Waals surface area (Å²) in [5.41, 5.74) is 2.61. The summed E-state index contributed by atoms with van der Waals surface area (Å²) < 4.78 is 0. The van der Waals surface area contributed by atoms with Gasteiger partial charge < -0.3 is 10.2 Å². The number of aliphatic hydroxyl groups is 1. The molecule has 31 heavy (non-hydrogen) atoms. The van der Waals surface area contributed by atoms with Crippen LogP contribution in [0.1, 0.15) is 28.3 Å². The average molecular weight is 435 g/mol. The Balaban J connectivity index is 2.01. The fraction of sp³-hybridized carbons (Fsp3) is 0.125. The number of Topliss-reactive ketones (excluding diaryl/α,β-unsaturated/α-hetero) is 1. The van der Waals surface area contributed by atoms with Crippen LogP contribution in [0.5, 0.6) is 5.75 Å². The van der Waals surface area contributed by atoms with E-state index >= 15 is 0 Å².